The van der Waals surface area contributed by atoms with Gasteiger partial charge in [0.1, 0.15) is 57.7 Å². The highest BCUT2D eigenvalue weighted by molar-refractivity contribution is 6.35. The van der Waals surface area contributed by atoms with Gasteiger partial charge in [-0.1, -0.05) is 62.6 Å². The molecular formula is C61H82ClF2N5O15. The predicted octanol–water partition coefficient (Wildman–Crippen LogP) is 8.47. The number of nitrogens with one attached hydrogen (secondary N) is 3. The van der Waals surface area contributed by atoms with Crippen LogP contribution in [0.5, 0.6) is 5.75 Å². The van der Waals surface area contributed by atoms with Crippen LogP contribution >= 0.6 is 11.6 Å². The van der Waals surface area contributed by atoms with Gasteiger partial charge in [-0.3, -0.25) is 34.1 Å². The van der Waals surface area contributed by atoms with Gasteiger partial charge >= 0.3 is 24.1 Å². The van der Waals surface area contributed by atoms with Crippen LogP contribution in [0.15, 0.2) is 48.1 Å². The summed E-state index contributed by atoms with van der Waals surface area (Å²) in [6.07, 6.45) is 2.65. The molecule has 0 radical (unpaired) electrons. The summed E-state index contributed by atoms with van der Waals surface area (Å²) < 4.78 is 67.0. The van der Waals surface area contributed by atoms with E-state index < -0.39 is 125 Å². The number of fused-ring (bicyclic) bond motifs is 5. The molecule has 10 atom stereocenters. The number of ketones is 2. The molecule has 84 heavy (non-hydrogen) atoms. The second-order valence-corrected chi connectivity index (χ2v) is 23.8. The fraction of sp³-hybridized carbons (Fsp3) is 0.607. The third-order valence-electron chi connectivity index (χ3n) is 16.5. The maximum Gasteiger partial charge on any atom is 0.412 e. The van der Waals surface area contributed by atoms with Crippen molar-refractivity contribution in [3.8, 4) is 5.75 Å². The number of benzene rings is 2. The summed E-state index contributed by atoms with van der Waals surface area (Å²) in [7, 11) is 4.31. The van der Waals surface area contributed by atoms with Gasteiger partial charge < -0.3 is 54.8 Å². The first-order chi connectivity index (χ1) is 39.7. The molecule has 0 aromatic heterocycles. The standard InChI is InChI=1S/C61H82ClF2N5O15/c1-33(2)41(28-40(70)19-11-10-16-35(4)81-57(75)38-17-13-18-38)56(74)67-44(20-14-22-66-58(65)76)47(71)27-39-26-43(64)45(29-42(39)63)68-59(77)83-51-30-52(72)69(7)46-24-37(25-48(79-8)54(46)62)23-34(3)15-12-21-50(80-9)61(78)31-49(82-53(73)32-61)36(5)55-60(51,6)84-55/h12,15,21,24-26,29,33,35-36,38,41,44,49-51,55,78H,10-11,13-14,16-20,22-23,27-28,30-32H2,1-9H3,(H,67,74)(H,68,77)(H3,65,66,76)/b21-12+,34-15+/t35?,36-,41+,44+,49+,50-,51+,55+,60+,61-/m1/s1. The van der Waals surface area contributed by atoms with Crippen LogP contribution in [0, 0.1) is 35.3 Å². The van der Waals surface area contributed by atoms with E-state index in [2.05, 4.69) is 16.0 Å². The molecule has 20 nitrogen and oxygen atoms in total. The first-order valence-electron chi connectivity index (χ1n) is 28.8. The van der Waals surface area contributed by atoms with E-state index in [-0.39, 0.29) is 91.2 Å². The van der Waals surface area contributed by atoms with E-state index in [9.17, 15) is 43.5 Å². The molecule has 2 aromatic carbocycles. The Balaban J connectivity index is 1.17. The van der Waals surface area contributed by atoms with E-state index in [1.54, 1.807) is 52.0 Å². The number of aliphatic hydroxyl groups is 1. The molecule has 0 spiro atoms. The molecule has 3 heterocycles. The van der Waals surface area contributed by atoms with E-state index in [0.29, 0.717) is 43.4 Å². The number of allylic oxidation sites excluding steroid dienone is 3. The Kier molecular flexibility index (Phi) is 23.4. The number of hydrogen-bond donors (Lipinski definition) is 5. The lowest BCUT2D eigenvalue weighted by Crippen LogP contribution is -2.53. The van der Waals surface area contributed by atoms with Crippen molar-refractivity contribution >= 4 is 70.4 Å². The minimum Gasteiger partial charge on any atom is -0.495 e. The van der Waals surface area contributed by atoms with Crippen LogP contribution in [0.1, 0.15) is 136 Å². The number of nitrogens with two attached hydrogens (primary N) is 1. The number of ether oxygens (including phenoxy) is 6. The van der Waals surface area contributed by atoms with Crippen LogP contribution in [-0.4, -0.2) is 128 Å². The molecule has 1 aliphatic carbocycles. The summed E-state index contributed by atoms with van der Waals surface area (Å²) in [5.41, 5.74) is 2.79. The van der Waals surface area contributed by atoms with Crippen molar-refractivity contribution in [1.82, 2.24) is 10.6 Å². The quantitative estimate of drug-likeness (QED) is 0.0302. The molecular weight excluding hydrogens is 1120 g/mol. The molecule has 2 aromatic rings. The lowest BCUT2D eigenvalue weighted by Gasteiger charge is -2.41. The Morgan fingerprint density at radius 2 is 1.73 bits per heavy atom. The minimum absolute atomic E-state index is 0.0261. The number of urea groups is 1. The highest BCUT2D eigenvalue weighted by Crippen LogP contribution is 2.50. The number of amides is 5. The fourth-order valence-corrected chi connectivity index (χ4v) is 11.4. The average molecular weight is 1200 g/mol. The monoisotopic (exact) mass is 1200 g/mol. The molecule has 462 valence electrons. The molecule has 6 rings (SSSR count). The number of carbonyl (C=O) groups is 8. The average Bonchev–Trinajstić information content (AvgIpc) is 1.79. The molecule has 6 N–H and O–H groups in total. The molecule has 2 saturated heterocycles. The highest BCUT2D eigenvalue weighted by Gasteiger charge is 2.64. The number of methoxy groups -OCH3 is 2. The molecule has 1 unspecified atom stereocenters. The second-order valence-electron chi connectivity index (χ2n) is 23.4. The van der Waals surface area contributed by atoms with Crippen molar-refractivity contribution in [2.75, 3.05) is 38.0 Å². The maximum absolute atomic E-state index is 16.1. The van der Waals surface area contributed by atoms with Gasteiger partial charge in [0.25, 0.3) is 0 Å². The second kappa shape index (κ2) is 29.5. The maximum atomic E-state index is 16.1. The van der Waals surface area contributed by atoms with Crippen molar-refractivity contribution < 1.29 is 80.7 Å². The first kappa shape index (κ1) is 66.6. The molecule has 3 aliphatic heterocycles. The number of unbranched alkanes of at least 4 members (excludes halogenated alkanes) is 1. The summed E-state index contributed by atoms with van der Waals surface area (Å²) in [5.74, 6) is -6.89. The fourth-order valence-electron chi connectivity index (χ4n) is 11.1. The van der Waals surface area contributed by atoms with E-state index in [4.69, 9.17) is 45.8 Å². The van der Waals surface area contributed by atoms with E-state index >= 15 is 8.78 Å². The predicted molar refractivity (Wildman–Crippen MR) is 307 cm³/mol. The molecule has 1 saturated carbocycles. The van der Waals surface area contributed by atoms with Crippen molar-refractivity contribution in [2.24, 2.45) is 29.4 Å². The number of primary amides is 1. The van der Waals surface area contributed by atoms with Crippen LogP contribution in [0.3, 0.4) is 0 Å². The summed E-state index contributed by atoms with van der Waals surface area (Å²) in [6.45, 7) is 10.5. The lowest BCUT2D eigenvalue weighted by molar-refractivity contribution is -0.187. The number of carbonyl (C=O) groups excluding carboxylic acids is 8. The van der Waals surface area contributed by atoms with Crippen LogP contribution in [-0.2, 0) is 65.3 Å². The van der Waals surface area contributed by atoms with E-state index in [0.717, 1.165) is 24.8 Å². The Bertz CT molecular complexity index is 2830. The summed E-state index contributed by atoms with van der Waals surface area (Å²) >= 11 is 6.80. The molecule has 3 fully saturated rings. The van der Waals surface area contributed by atoms with Gasteiger partial charge in [-0.15, -0.1) is 0 Å². The van der Waals surface area contributed by atoms with Crippen molar-refractivity contribution in [3.63, 3.8) is 0 Å². The zero-order valence-corrected chi connectivity index (χ0v) is 50.2. The van der Waals surface area contributed by atoms with Gasteiger partial charge in [0.05, 0.1) is 55.5 Å². The van der Waals surface area contributed by atoms with Gasteiger partial charge in [0.15, 0.2) is 5.78 Å². The lowest BCUT2D eigenvalue weighted by atomic mass is 9.78. The number of rotatable bonds is 23. The number of esters is 2. The minimum atomic E-state index is -1.71. The highest BCUT2D eigenvalue weighted by atomic mass is 35.5. The Labute approximate surface area is 494 Å². The Morgan fingerprint density at radius 1 is 1.00 bits per heavy atom. The van der Waals surface area contributed by atoms with Crippen LogP contribution in [0.2, 0.25) is 5.02 Å². The number of nitrogens with zero attached hydrogens (tertiary/aromatic N) is 1. The van der Waals surface area contributed by atoms with Crippen molar-refractivity contribution in [2.45, 2.75) is 186 Å². The largest absolute Gasteiger partial charge is 0.495 e. The van der Waals surface area contributed by atoms with Gasteiger partial charge in [0, 0.05) is 64.3 Å². The molecule has 23 heteroatoms. The normalized spacial score (nSPS) is 25.7. The Morgan fingerprint density at radius 3 is 2.38 bits per heavy atom. The zero-order valence-electron chi connectivity index (χ0n) is 49.4. The van der Waals surface area contributed by atoms with Gasteiger partial charge in [-0.2, -0.15) is 0 Å². The molecule has 4 bridgehead atoms. The van der Waals surface area contributed by atoms with Crippen molar-refractivity contribution in [1.29, 1.82) is 0 Å². The Hall–Kier alpha value is -6.49. The van der Waals surface area contributed by atoms with Crippen molar-refractivity contribution in [3.05, 3.63) is 75.9 Å². The van der Waals surface area contributed by atoms with Crippen LogP contribution in [0.4, 0.5) is 29.7 Å². The summed E-state index contributed by atoms with van der Waals surface area (Å²) in [4.78, 5) is 107. The van der Waals surface area contributed by atoms with Gasteiger partial charge in [-0.25, -0.2) is 18.4 Å². The van der Waals surface area contributed by atoms with Crippen LogP contribution in [0.25, 0.3) is 0 Å². The third-order valence-corrected chi connectivity index (χ3v) is 16.9. The topological polar surface area (TPSA) is 281 Å². The van der Waals surface area contributed by atoms with Gasteiger partial charge in [0.2, 0.25) is 11.8 Å². The van der Waals surface area contributed by atoms with Gasteiger partial charge in [-0.05, 0) is 107 Å². The van der Waals surface area contributed by atoms with E-state index in [1.165, 1.54) is 26.2 Å². The number of Topliss-reactive ketones (excluding diaryl/α,β-unsaturated/α-hetero) is 2. The SMILES string of the molecule is COc1cc2cc(c1Cl)N(C)C(=O)C[C@H](OC(=O)Nc1cc(F)c(CC(=O)[C@H](CCCNC(N)=O)NC(=O)[C@@H](CC(=O)CCCCC(C)OC(=O)C3CCC3)C(C)C)cc1F)[C@]1(C)O[C@H]1[C@H](C)[C@@H]1C[C@@](O)(CC(=O)O1)[C@H](OC)/C=C/C=C(\C)C2. The number of anilines is 2. The molecule has 5 amide bonds. The number of epoxide rings is 1. The summed E-state index contributed by atoms with van der Waals surface area (Å²) in [6, 6.07) is 2.71. The smallest absolute Gasteiger partial charge is 0.412 e. The first-order valence-corrected chi connectivity index (χ1v) is 29.2. The van der Waals surface area contributed by atoms with Crippen LogP contribution < -0.4 is 31.3 Å². The number of halogens is 3. The third kappa shape index (κ3) is 17.6. The van der Waals surface area contributed by atoms with E-state index in [1.807, 2.05) is 19.9 Å². The zero-order chi connectivity index (χ0) is 61.8. The number of hydrogen-bond acceptors (Lipinski definition) is 15. The molecule has 4 aliphatic rings. The summed E-state index contributed by atoms with van der Waals surface area (Å²) in [5, 5.41) is 19.4.